The molecule has 1 fully saturated rings. The van der Waals surface area contributed by atoms with Gasteiger partial charge in [-0.05, 0) is 13.0 Å². The van der Waals surface area contributed by atoms with Crippen LogP contribution in [0.5, 0.6) is 0 Å². The van der Waals surface area contributed by atoms with E-state index in [2.05, 4.69) is 5.32 Å². The molecule has 0 aromatic heterocycles. The third-order valence-electron chi connectivity index (χ3n) is 2.77. The first-order chi connectivity index (χ1) is 8.47. The van der Waals surface area contributed by atoms with Gasteiger partial charge in [0.25, 0.3) is 0 Å². The predicted octanol–water partition coefficient (Wildman–Crippen LogP) is 0.812. The highest BCUT2D eigenvalue weighted by molar-refractivity contribution is 5.94. The van der Waals surface area contributed by atoms with E-state index < -0.39 is 17.7 Å². The van der Waals surface area contributed by atoms with Crippen molar-refractivity contribution in [3.8, 4) is 0 Å². The Bertz CT molecular complexity index is 505. The molecule has 2 amide bonds. The van der Waals surface area contributed by atoms with Crippen molar-refractivity contribution >= 4 is 11.8 Å². The van der Waals surface area contributed by atoms with Crippen LogP contribution in [0.15, 0.2) is 18.2 Å². The zero-order chi connectivity index (χ0) is 13.3. The summed E-state index contributed by atoms with van der Waals surface area (Å²) >= 11 is 0. The number of nitrogens with zero attached hydrogens (tertiary/aromatic N) is 1. The molecule has 6 heteroatoms. The molecule has 18 heavy (non-hydrogen) atoms. The van der Waals surface area contributed by atoms with Crippen molar-refractivity contribution in [2.75, 3.05) is 6.54 Å². The molecule has 1 aromatic carbocycles. The maximum Gasteiger partial charge on any atom is 0.245 e. The molecule has 1 aromatic rings. The number of carbonyl (C=O) groups excluding carboxylic acids is 2. The molecular formula is C12H12F2N2O2. The van der Waals surface area contributed by atoms with Gasteiger partial charge in [-0.1, -0.05) is 6.07 Å². The molecule has 96 valence electrons. The second-order valence-corrected chi connectivity index (χ2v) is 4.22. The van der Waals surface area contributed by atoms with Gasteiger partial charge < -0.3 is 10.2 Å². The first-order valence-electron chi connectivity index (χ1n) is 5.49. The van der Waals surface area contributed by atoms with Crippen LogP contribution in [0.3, 0.4) is 0 Å². The third-order valence-corrected chi connectivity index (χ3v) is 2.77. The van der Waals surface area contributed by atoms with Gasteiger partial charge in [0, 0.05) is 18.2 Å². The van der Waals surface area contributed by atoms with E-state index in [9.17, 15) is 18.4 Å². The minimum atomic E-state index is -0.721. The van der Waals surface area contributed by atoms with Crippen LogP contribution >= 0.6 is 0 Å². The topological polar surface area (TPSA) is 49.4 Å². The van der Waals surface area contributed by atoms with Crippen LogP contribution in [0.2, 0.25) is 0 Å². The average molecular weight is 254 g/mol. The van der Waals surface area contributed by atoms with Crippen molar-refractivity contribution < 1.29 is 18.4 Å². The molecule has 0 spiro atoms. The van der Waals surface area contributed by atoms with Crippen LogP contribution in [-0.4, -0.2) is 29.3 Å². The van der Waals surface area contributed by atoms with Gasteiger partial charge in [-0.15, -0.1) is 0 Å². The Morgan fingerprint density at radius 3 is 2.78 bits per heavy atom. The SMILES string of the molecule is CC1NC(=O)CN(Cc2ccc(F)cc2F)C1=O. The molecule has 1 unspecified atom stereocenters. The molecule has 1 N–H and O–H groups in total. The molecule has 0 radical (unpaired) electrons. The number of hydrogen-bond acceptors (Lipinski definition) is 2. The summed E-state index contributed by atoms with van der Waals surface area (Å²) in [4.78, 5) is 24.3. The second-order valence-electron chi connectivity index (χ2n) is 4.22. The molecule has 0 saturated carbocycles. The summed E-state index contributed by atoms with van der Waals surface area (Å²) in [6.07, 6.45) is 0. The van der Waals surface area contributed by atoms with Crippen molar-refractivity contribution in [1.82, 2.24) is 10.2 Å². The van der Waals surface area contributed by atoms with E-state index in [1.165, 1.54) is 11.0 Å². The molecule has 1 aliphatic rings. The van der Waals surface area contributed by atoms with Gasteiger partial charge in [-0.25, -0.2) is 8.78 Å². The number of benzene rings is 1. The molecule has 1 atom stereocenters. The summed E-state index contributed by atoms with van der Waals surface area (Å²) in [5.74, 6) is -1.96. The van der Waals surface area contributed by atoms with Gasteiger partial charge in [0.05, 0.1) is 6.54 Å². The van der Waals surface area contributed by atoms with Crippen molar-refractivity contribution in [2.24, 2.45) is 0 Å². The highest BCUT2D eigenvalue weighted by Crippen LogP contribution is 2.14. The highest BCUT2D eigenvalue weighted by atomic mass is 19.1. The van der Waals surface area contributed by atoms with Crippen molar-refractivity contribution in [2.45, 2.75) is 19.5 Å². The summed E-state index contributed by atoms with van der Waals surface area (Å²) in [7, 11) is 0. The van der Waals surface area contributed by atoms with Crippen LogP contribution in [0.1, 0.15) is 12.5 Å². The molecule has 0 aliphatic carbocycles. The van der Waals surface area contributed by atoms with Gasteiger partial charge in [0.15, 0.2) is 0 Å². The van der Waals surface area contributed by atoms with Crippen LogP contribution in [-0.2, 0) is 16.1 Å². The summed E-state index contributed by atoms with van der Waals surface area (Å²) in [5.41, 5.74) is 0.187. The standard InChI is InChI=1S/C12H12F2N2O2/c1-7-12(18)16(6-11(17)15-7)5-8-2-3-9(13)4-10(8)14/h2-4,7H,5-6H2,1H3,(H,15,17). The Morgan fingerprint density at radius 1 is 1.39 bits per heavy atom. The fourth-order valence-electron chi connectivity index (χ4n) is 1.86. The van der Waals surface area contributed by atoms with E-state index in [0.29, 0.717) is 0 Å². The molecule has 1 aliphatic heterocycles. The number of carbonyl (C=O) groups is 2. The van der Waals surface area contributed by atoms with Crippen LogP contribution < -0.4 is 5.32 Å². The lowest BCUT2D eigenvalue weighted by molar-refractivity contribution is -0.144. The quantitative estimate of drug-likeness (QED) is 0.849. The Kier molecular flexibility index (Phi) is 3.27. The molecule has 1 saturated heterocycles. The lowest BCUT2D eigenvalue weighted by Crippen LogP contribution is -2.56. The second kappa shape index (κ2) is 4.72. The zero-order valence-corrected chi connectivity index (χ0v) is 9.74. The summed E-state index contributed by atoms with van der Waals surface area (Å²) in [6.45, 7) is 1.41. The maximum absolute atomic E-state index is 13.4. The van der Waals surface area contributed by atoms with E-state index in [-0.39, 0.29) is 30.5 Å². The first kappa shape index (κ1) is 12.5. The Balaban J connectivity index is 2.17. The van der Waals surface area contributed by atoms with Crippen molar-refractivity contribution in [3.05, 3.63) is 35.4 Å². The van der Waals surface area contributed by atoms with E-state index in [1.54, 1.807) is 6.92 Å². The van der Waals surface area contributed by atoms with Crippen LogP contribution in [0.25, 0.3) is 0 Å². The Hall–Kier alpha value is -1.98. The lowest BCUT2D eigenvalue weighted by atomic mass is 10.1. The van der Waals surface area contributed by atoms with Gasteiger partial charge in [-0.3, -0.25) is 9.59 Å². The number of nitrogens with one attached hydrogen (secondary N) is 1. The largest absolute Gasteiger partial charge is 0.343 e. The molecule has 1 heterocycles. The Morgan fingerprint density at radius 2 is 2.11 bits per heavy atom. The smallest absolute Gasteiger partial charge is 0.245 e. The van der Waals surface area contributed by atoms with Gasteiger partial charge in [-0.2, -0.15) is 0 Å². The normalized spacial score (nSPS) is 19.9. The van der Waals surface area contributed by atoms with Gasteiger partial charge in [0.1, 0.15) is 17.7 Å². The molecule has 4 nitrogen and oxygen atoms in total. The monoisotopic (exact) mass is 254 g/mol. The number of piperazine rings is 1. The van der Waals surface area contributed by atoms with Crippen LogP contribution in [0, 0.1) is 11.6 Å². The Labute approximate surface area is 103 Å². The van der Waals surface area contributed by atoms with E-state index in [0.717, 1.165) is 12.1 Å². The van der Waals surface area contributed by atoms with Gasteiger partial charge >= 0.3 is 0 Å². The van der Waals surface area contributed by atoms with Crippen LogP contribution in [0.4, 0.5) is 8.78 Å². The predicted molar refractivity (Wildman–Crippen MR) is 59.4 cm³/mol. The van der Waals surface area contributed by atoms with E-state index in [1.807, 2.05) is 0 Å². The van der Waals surface area contributed by atoms with Crippen molar-refractivity contribution in [3.63, 3.8) is 0 Å². The summed E-state index contributed by atoms with van der Waals surface area (Å²) in [6, 6.07) is 2.54. The zero-order valence-electron chi connectivity index (χ0n) is 9.74. The number of rotatable bonds is 2. The lowest BCUT2D eigenvalue weighted by Gasteiger charge is -2.30. The third kappa shape index (κ3) is 2.47. The average Bonchev–Trinajstić information content (AvgIpc) is 2.29. The first-order valence-corrected chi connectivity index (χ1v) is 5.49. The number of halogens is 2. The maximum atomic E-state index is 13.4. The number of amides is 2. The minimum absolute atomic E-state index is 0.0390. The molecular weight excluding hydrogens is 242 g/mol. The minimum Gasteiger partial charge on any atom is -0.343 e. The van der Waals surface area contributed by atoms with Crippen molar-refractivity contribution in [1.29, 1.82) is 0 Å². The molecule has 2 rings (SSSR count). The van der Waals surface area contributed by atoms with E-state index >= 15 is 0 Å². The fraction of sp³-hybridized carbons (Fsp3) is 0.333. The number of hydrogen-bond donors (Lipinski definition) is 1. The summed E-state index contributed by atoms with van der Waals surface area (Å²) < 4.78 is 26.2. The molecule has 0 bridgehead atoms. The van der Waals surface area contributed by atoms with Gasteiger partial charge in [0.2, 0.25) is 11.8 Å². The summed E-state index contributed by atoms with van der Waals surface area (Å²) in [5, 5.41) is 2.48. The highest BCUT2D eigenvalue weighted by Gasteiger charge is 2.29. The fourth-order valence-corrected chi connectivity index (χ4v) is 1.86. The van der Waals surface area contributed by atoms with E-state index in [4.69, 9.17) is 0 Å².